The molecular weight excluding hydrogens is 341 g/mol. The molecule has 9 N–H and O–H groups in total. The predicted molar refractivity (Wildman–Crippen MR) is 88.7 cm³/mol. The lowest BCUT2D eigenvalue weighted by atomic mass is 10.0. The number of carbonyl (C=O) groups excluding carboxylic acids is 2. The third kappa shape index (κ3) is 8.52. The van der Waals surface area contributed by atoms with Crippen LogP contribution in [-0.2, 0) is 9.59 Å². The molecule has 0 saturated heterocycles. The molecule has 0 aromatic rings. The van der Waals surface area contributed by atoms with Crippen LogP contribution >= 0.6 is 9.24 Å². The SMILES string of the molecule is NCCCC[C@H](NNCC(=O)C(O)C(O)C(O)C(O)CO)C(=O)P. The van der Waals surface area contributed by atoms with Crippen molar-refractivity contribution < 1.29 is 35.1 Å². The maximum atomic E-state index is 11.7. The number of Topliss-reactive ketones (excluding diaryl/α,β-unsaturated/α-hetero) is 1. The molecule has 0 aliphatic carbocycles. The van der Waals surface area contributed by atoms with Gasteiger partial charge in [-0.15, -0.1) is 0 Å². The first-order chi connectivity index (χ1) is 11.3. The van der Waals surface area contributed by atoms with Gasteiger partial charge in [-0.1, -0.05) is 15.7 Å². The Labute approximate surface area is 142 Å². The molecule has 0 amide bonds. The number of hydrazine groups is 1. The van der Waals surface area contributed by atoms with Gasteiger partial charge in [0.05, 0.1) is 19.2 Å². The molecule has 0 aromatic carbocycles. The summed E-state index contributed by atoms with van der Waals surface area (Å²) in [6.45, 7) is -0.749. The van der Waals surface area contributed by atoms with Crippen LogP contribution in [0.5, 0.6) is 0 Å². The van der Waals surface area contributed by atoms with E-state index in [-0.39, 0.29) is 5.52 Å². The molecule has 0 fully saturated rings. The largest absolute Gasteiger partial charge is 0.394 e. The molecule has 0 heterocycles. The van der Waals surface area contributed by atoms with Crippen molar-refractivity contribution in [2.75, 3.05) is 19.7 Å². The number of hydrogen-bond acceptors (Lipinski definition) is 10. The second kappa shape index (κ2) is 12.8. The van der Waals surface area contributed by atoms with Gasteiger partial charge in [-0.25, -0.2) is 10.9 Å². The van der Waals surface area contributed by atoms with Crippen molar-refractivity contribution in [3.05, 3.63) is 0 Å². The number of carbonyl (C=O) groups is 2. The number of hydrogen-bond donors (Lipinski definition) is 8. The smallest absolute Gasteiger partial charge is 0.179 e. The lowest BCUT2D eigenvalue weighted by molar-refractivity contribution is -0.146. The van der Waals surface area contributed by atoms with Crippen molar-refractivity contribution in [2.45, 2.75) is 49.7 Å². The first-order valence-electron chi connectivity index (χ1n) is 7.59. The van der Waals surface area contributed by atoms with E-state index in [0.717, 1.165) is 12.8 Å². The zero-order valence-electron chi connectivity index (χ0n) is 13.3. The summed E-state index contributed by atoms with van der Waals surface area (Å²) in [5, 5.41) is 46.5. The van der Waals surface area contributed by atoms with Crippen LogP contribution in [0, 0.1) is 0 Å². The van der Waals surface area contributed by atoms with Crippen molar-refractivity contribution in [2.24, 2.45) is 5.73 Å². The van der Waals surface area contributed by atoms with E-state index in [2.05, 4.69) is 10.9 Å². The van der Waals surface area contributed by atoms with Crippen molar-refractivity contribution in [3.63, 3.8) is 0 Å². The van der Waals surface area contributed by atoms with E-state index < -0.39 is 49.4 Å². The summed E-state index contributed by atoms with van der Waals surface area (Å²) >= 11 is 0. The van der Waals surface area contributed by atoms with Gasteiger partial charge in [-0.3, -0.25) is 9.59 Å². The molecule has 24 heavy (non-hydrogen) atoms. The van der Waals surface area contributed by atoms with E-state index in [1.165, 1.54) is 0 Å². The summed E-state index contributed by atoms with van der Waals surface area (Å²) in [5.41, 5.74) is 10.3. The van der Waals surface area contributed by atoms with Crippen LogP contribution in [0.2, 0.25) is 0 Å². The molecule has 5 unspecified atom stereocenters. The van der Waals surface area contributed by atoms with Gasteiger partial charge in [-0.05, 0) is 19.4 Å². The molecule has 0 aromatic heterocycles. The number of ketones is 1. The Kier molecular flexibility index (Phi) is 12.5. The third-order valence-electron chi connectivity index (χ3n) is 3.41. The average Bonchev–Trinajstić information content (AvgIpc) is 2.57. The third-order valence-corrected chi connectivity index (χ3v) is 3.82. The topological polar surface area (TPSA) is 185 Å². The van der Waals surface area contributed by atoms with Gasteiger partial charge in [0.25, 0.3) is 0 Å². The van der Waals surface area contributed by atoms with Gasteiger partial charge in [0.2, 0.25) is 0 Å². The highest BCUT2D eigenvalue weighted by atomic mass is 31.0. The first kappa shape index (κ1) is 23.4. The van der Waals surface area contributed by atoms with Gasteiger partial charge in [0.1, 0.15) is 24.4 Å². The normalized spacial score (nSPS) is 17.8. The fourth-order valence-electron chi connectivity index (χ4n) is 1.86. The Hall–Kier alpha value is -0.550. The highest BCUT2D eigenvalue weighted by Crippen LogP contribution is 2.06. The summed E-state index contributed by atoms with van der Waals surface area (Å²) < 4.78 is 0. The van der Waals surface area contributed by atoms with Gasteiger partial charge in [0, 0.05) is 0 Å². The molecule has 0 aliphatic heterocycles. The molecule has 0 aliphatic rings. The number of aliphatic hydroxyl groups excluding tert-OH is 5. The predicted octanol–water partition coefficient (Wildman–Crippen LogP) is -4.02. The lowest BCUT2D eigenvalue weighted by Gasteiger charge is -2.25. The van der Waals surface area contributed by atoms with Crippen LogP contribution in [-0.4, -0.2) is 87.0 Å². The molecule has 0 spiro atoms. The summed E-state index contributed by atoms with van der Waals surface area (Å²) in [7, 11) is 2.03. The van der Waals surface area contributed by atoms with Gasteiger partial charge in [0.15, 0.2) is 11.3 Å². The molecule has 6 atom stereocenters. The van der Waals surface area contributed by atoms with Crippen LogP contribution in [0.3, 0.4) is 0 Å². The fraction of sp³-hybridized carbons (Fsp3) is 0.846. The van der Waals surface area contributed by atoms with Gasteiger partial charge < -0.3 is 31.3 Å². The first-order valence-corrected chi connectivity index (χ1v) is 8.17. The number of unbranched alkanes of at least 4 members (excludes halogenated alkanes) is 1. The number of rotatable bonds is 14. The minimum Gasteiger partial charge on any atom is -0.394 e. The van der Waals surface area contributed by atoms with Gasteiger partial charge in [-0.2, -0.15) is 0 Å². The minimum absolute atomic E-state index is 0.214. The summed E-state index contributed by atoms with van der Waals surface area (Å²) in [6, 6.07) is -0.557. The highest BCUT2D eigenvalue weighted by Gasteiger charge is 2.33. The summed E-state index contributed by atoms with van der Waals surface area (Å²) in [4.78, 5) is 23.2. The fourth-order valence-corrected chi connectivity index (χ4v) is 2.11. The van der Waals surface area contributed by atoms with E-state index in [1.807, 2.05) is 9.24 Å². The molecule has 11 heteroatoms. The number of nitrogens with one attached hydrogen (secondary N) is 2. The average molecular weight is 369 g/mol. The molecule has 0 rings (SSSR count). The Morgan fingerprint density at radius 2 is 1.71 bits per heavy atom. The second-order valence-corrected chi connectivity index (χ2v) is 5.95. The Bertz CT molecular complexity index is 389. The quantitative estimate of drug-likeness (QED) is 0.0852. The zero-order valence-corrected chi connectivity index (χ0v) is 14.5. The highest BCUT2D eigenvalue weighted by molar-refractivity contribution is 7.40. The molecular formula is C13H28N3O7P. The minimum atomic E-state index is -1.96. The maximum Gasteiger partial charge on any atom is 0.179 e. The van der Waals surface area contributed by atoms with E-state index in [9.17, 15) is 30.0 Å². The van der Waals surface area contributed by atoms with E-state index in [4.69, 9.17) is 10.8 Å². The van der Waals surface area contributed by atoms with Gasteiger partial charge >= 0.3 is 0 Å². The zero-order chi connectivity index (χ0) is 18.7. The molecule has 0 bridgehead atoms. The van der Waals surface area contributed by atoms with Crippen molar-refractivity contribution in [1.82, 2.24) is 10.9 Å². The second-order valence-electron chi connectivity index (χ2n) is 5.38. The molecule has 0 saturated carbocycles. The van der Waals surface area contributed by atoms with E-state index in [0.29, 0.717) is 13.0 Å². The molecule has 142 valence electrons. The lowest BCUT2D eigenvalue weighted by Crippen LogP contribution is -2.52. The van der Waals surface area contributed by atoms with E-state index >= 15 is 0 Å². The summed E-state index contributed by atoms with van der Waals surface area (Å²) in [5.74, 6) is -0.865. The van der Waals surface area contributed by atoms with Crippen LogP contribution < -0.4 is 16.6 Å². The van der Waals surface area contributed by atoms with E-state index in [1.54, 1.807) is 0 Å². The summed E-state index contributed by atoms with van der Waals surface area (Å²) in [6.07, 6.45) is -5.49. The van der Waals surface area contributed by atoms with Crippen LogP contribution in [0.4, 0.5) is 0 Å². The standard InChI is InChI=1S/C13H28N3O7P/c14-4-2-1-3-7(13(23)24)16-15-5-8(18)10(20)12(22)11(21)9(19)6-17/h7,9-12,15-17,19-22H,1-6,14,24H2/t7-,9?,10?,11?,12?/m0/s1. The number of aliphatic hydroxyl groups is 5. The van der Waals surface area contributed by atoms with Crippen LogP contribution in [0.15, 0.2) is 0 Å². The Morgan fingerprint density at radius 1 is 1.08 bits per heavy atom. The molecule has 0 radical (unpaired) electrons. The van der Waals surface area contributed by atoms with Crippen molar-refractivity contribution >= 4 is 20.5 Å². The van der Waals surface area contributed by atoms with Crippen molar-refractivity contribution in [3.8, 4) is 0 Å². The Morgan fingerprint density at radius 3 is 2.21 bits per heavy atom. The number of nitrogens with two attached hydrogens (primary N) is 1. The van der Waals surface area contributed by atoms with Crippen molar-refractivity contribution in [1.29, 1.82) is 0 Å². The van der Waals surface area contributed by atoms with Crippen LogP contribution in [0.1, 0.15) is 19.3 Å². The maximum absolute atomic E-state index is 11.7. The molecule has 10 nitrogen and oxygen atoms in total. The van der Waals surface area contributed by atoms with Crippen LogP contribution in [0.25, 0.3) is 0 Å². The Balaban J connectivity index is 4.32. The monoisotopic (exact) mass is 369 g/mol.